The van der Waals surface area contributed by atoms with Crippen LogP contribution < -0.4 is 5.32 Å². The highest BCUT2D eigenvalue weighted by Crippen LogP contribution is 2.23. The number of imidazole rings is 1. The summed E-state index contributed by atoms with van der Waals surface area (Å²) in [7, 11) is 1.97. The lowest BCUT2D eigenvalue weighted by atomic mass is 10.1. The van der Waals surface area contributed by atoms with Crippen LogP contribution in [0.5, 0.6) is 0 Å². The molecule has 1 heterocycles. The first-order valence-corrected chi connectivity index (χ1v) is 8.44. The lowest BCUT2D eigenvalue weighted by Gasteiger charge is -2.09. The fourth-order valence-corrected chi connectivity index (χ4v) is 3.23. The van der Waals surface area contributed by atoms with E-state index in [9.17, 15) is 4.79 Å². The van der Waals surface area contributed by atoms with E-state index in [2.05, 4.69) is 10.3 Å². The molecule has 1 amide bonds. The number of aryl methyl sites for hydroxylation is 3. The van der Waals surface area contributed by atoms with E-state index in [1.807, 2.05) is 67.9 Å². The Labute approximate surface area is 139 Å². The normalized spacial score (nSPS) is 10.9. The van der Waals surface area contributed by atoms with Gasteiger partial charge >= 0.3 is 0 Å². The van der Waals surface area contributed by atoms with E-state index >= 15 is 0 Å². The molecule has 23 heavy (non-hydrogen) atoms. The summed E-state index contributed by atoms with van der Waals surface area (Å²) in [5.41, 5.74) is 5.10. The molecule has 5 heteroatoms. The number of fused-ring (bicyclic) bond motifs is 1. The van der Waals surface area contributed by atoms with Crippen LogP contribution in [0, 0.1) is 13.8 Å². The number of rotatable bonds is 4. The lowest BCUT2D eigenvalue weighted by molar-refractivity contribution is -0.113. The molecule has 3 aromatic rings. The van der Waals surface area contributed by atoms with E-state index in [-0.39, 0.29) is 5.91 Å². The van der Waals surface area contributed by atoms with Gasteiger partial charge in [0.1, 0.15) is 0 Å². The minimum atomic E-state index is -0.0178. The van der Waals surface area contributed by atoms with Gasteiger partial charge in [-0.1, -0.05) is 36.0 Å². The summed E-state index contributed by atoms with van der Waals surface area (Å²) in [5, 5.41) is 3.83. The minimum Gasteiger partial charge on any atom is -0.325 e. The van der Waals surface area contributed by atoms with Crippen LogP contribution in [0.15, 0.2) is 47.6 Å². The van der Waals surface area contributed by atoms with Gasteiger partial charge in [-0.05, 0) is 43.2 Å². The summed E-state index contributed by atoms with van der Waals surface area (Å²) >= 11 is 1.45. The fourth-order valence-electron chi connectivity index (χ4n) is 2.44. The summed E-state index contributed by atoms with van der Waals surface area (Å²) in [4.78, 5) is 16.8. The highest BCUT2D eigenvalue weighted by molar-refractivity contribution is 7.99. The van der Waals surface area contributed by atoms with Crippen molar-refractivity contribution >= 4 is 34.4 Å². The fraction of sp³-hybridized carbons (Fsp3) is 0.222. The first-order valence-electron chi connectivity index (χ1n) is 7.46. The maximum Gasteiger partial charge on any atom is 0.234 e. The van der Waals surface area contributed by atoms with E-state index < -0.39 is 0 Å². The third kappa shape index (κ3) is 3.40. The second kappa shape index (κ2) is 6.46. The van der Waals surface area contributed by atoms with Gasteiger partial charge in [0.2, 0.25) is 5.91 Å². The number of anilines is 1. The van der Waals surface area contributed by atoms with Crippen LogP contribution in [0.25, 0.3) is 11.0 Å². The summed E-state index contributed by atoms with van der Waals surface area (Å²) in [6, 6.07) is 14.0. The van der Waals surface area contributed by atoms with Crippen LogP contribution in [-0.2, 0) is 11.8 Å². The molecule has 1 aromatic heterocycles. The highest BCUT2D eigenvalue weighted by atomic mass is 32.2. The number of carbonyl (C=O) groups excluding carboxylic acids is 1. The average Bonchev–Trinajstić information content (AvgIpc) is 2.86. The van der Waals surface area contributed by atoms with Gasteiger partial charge in [-0.2, -0.15) is 0 Å². The van der Waals surface area contributed by atoms with E-state index in [1.54, 1.807) is 0 Å². The molecule has 0 bridgehead atoms. The summed E-state index contributed by atoms with van der Waals surface area (Å²) < 4.78 is 2.02. The van der Waals surface area contributed by atoms with Crippen molar-refractivity contribution < 1.29 is 4.79 Å². The zero-order valence-electron chi connectivity index (χ0n) is 13.5. The Morgan fingerprint density at radius 1 is 1.22 bits per heavy atom. The van der Waals surface area contributed by atoms with Crippen LogP contribution in [0.2, 0.25) is 0 Å². The molecule has 0 atom stereocenters. The number of nitrogens with zero attached hydrogens (tertiary/aromatic N) is 2. The Bertz CT molecular complexity index is 870. The van der Waals surface area contributed by atoms with Crippen molar-refractivity contribution in [3.05, 3.63) is 53.6 Å². The van der Waals surface area contributed by atoms with Crippen molar-refractivity contribution in [1.82, 2.24) is 9.55 Å². The largest absolute Gasteiger partial charge is 0.325 e. The Balaban J connectivity index is 1.68. The molecule has 2 aromatic carbocycles. The Hall–Kier alpha value is -2.27. The van der Waals surface area contributed by atoms with Gasteiger partial charge in [-0.25, -0.2) is 4.98 Å². The van der Waals surface area contributed by atoms with Gasteiger partial charge in [0.15, 0.2) is 5.16 Å². The third-order valence-electron chi connectivity index (χ3n) is 3.75. The van der Waals surface area contributed by atoms with E-state index in [1.165, 1.54) is 11.8 Å². The molecule has 3 rings (SSSR count). The zero-order valence-corrected chi connectivity index (χ0v) is 14.3. The standard InChI is InChI=1S/C18H19N3OS/c1-12-8-9-13(2)15(10-12)19-17(22)11-23-18-20-14-6-4-5-7-16(14)21(18)3/h4-10H,11H2,1-3H3,(H,19,22). The summed E-state index contributed by atoms with van der Waals surface area (Å²) in [6.07, 6.45) is 0. The van der Waals surface area contributed by atoms with Gasteiger partial charge in [0.25, 0.3) is 0 Å². The predicted octanol–water partition coefficient (Wildman–Crippen LogP) is 3.92. The second-order valence-corrected chi connectivity index (χ2v) is 6.54. The summed E-state index contributed by atoms with van der Waals surface area (Å²) in [6.45, 7) is 4.01. The molecule has 0 aliphatic rings. The van der Waals surface area contributed by atoms with Crippen LogP contribution in [0.3, 0.4) is 0 Å². The number of hydrogen-bond acceptors (Lipinski definition) is 3. The Morgan fingerprint density at radius 2 is 2.00 bits per heavy atom. The molecule has 1 N–H and O–H groups in total. The van der Waals surface area contributed by atoms with Gasteiger partial charge in [0.05, 0.1) is 16.8 Å². The van der Waals surface area contributed by atoms with Crippen LogP contribution in [-0.4, -0.2) is 21.2 Å². The lowest BCUT2D eigenvalue weighted by Crippen LogP contribution is -2.15. The van der Waals surface area contributed by atoms with Gasteiger partial charge in [0, 0.05) is 12.7 Å². The van der Waals surface area contributed by atoms with Gasteiger partial charge in [-0.3, -0.25) is 4.79 Å². The van der Waals surface area contributed by atoms with Crippen molar-refractivity contribution in [1.29, 1.82) is 0 Å². The maximum atomic E-state index is 12.2. The first kappa shape index (κ1) is 15.6. The van der Waals surface area contributed by atoms with Crippen molar-refractivity contribution in [2.24, 2.45) is 7.05 Å². The second-order valence-electron chi connectivity index (χ2n) is 5.60. The van der Waals surface area contributed by atoms with E-state index in [0.29, 0.717) is 5.75 Å². The smallest absolute Gasteiger partial charge is 0.234 e. The van der Waals surface area contributed by atoms with Crippen LogP contribution in [0.1, 0.15) is 11.1 Å². The molecular formula is C18H19N3OS. The Kier molecular flexibility index (Phi) is 4.39. The number of amides is 1. The molecule has 0 saturated heterocycles. The topological polar surface area (TPSA) is 46.9 Å². The number of benzene rings is 2. The Morgan fingerprint density at radius 3 is 2.78 bits per heavy atom. The average molecular weight is 325 g/mol. The number of carbonyl (C=O) groups is 1. The molecule has 118 valence electrons. The molecule has 0 aliphatic heterocycles. The van der Waals surface area contributed by atoms with Crippen molar-refractivity contribution in [2.45, 2.75) is 19.0 Å². The van der Waals surface area contributed by atoms with Gasteiger partial charge < -0.3 is 9.88 Å². The van der Waals surface area contributed by atoms with Gasteiger partial charge in [-0.15, -0.1) is 0 Å². The van der Waals surface area contributed by atoms with Crippen molar-refractivity contribution in [3.63, 3.8) is 0 Å². The van der Waals surface area contributed by atoms with Crippen molar-refractivity contribution in [2.75, 3.05) is 11.1 Å². The molecule has 0 fully saturated rings. The molecule has 0 saturated carbocycles. The van der Waals surface area contributed by atoms with E-state index in [4.69, 9.17) is 0 Å². The minimum absolute atomic E-state index is 0.0178. The summed E-state index contributed by atoms with van der Waals surface area (Å²) in [5.74, 6) is 0.320. The maximum absolute atomic E-state index is 12.2. The molecule has 0 radical (unpaired) electrons. The van der Waals surface area contributed by atoms with Crippen molar-refractivity contribution in [3.8, 4) is 0 Å². The number of nitrogens with one attached hydrogen (secondary N) is 1. The molecule has 0 unspecified atom stereocenters. The molecule has 0 spiro atoms. The number of hydrogen-bond donors (Lipinski definition) is 1. The third-order valence-corrected chi connectivity index (χ3v) is 4.78. The molecule has 4 nitrogen and oxygen atoms in total. The number of aromatic nitrogens is 2. The van der Waals surface area contributed by atoms with Crippen LogP contribution in [0.4, 0.5) is 5.69 Å². The number of thioether (sulfide) groups is 1. The highest BCUT2D eigenvalue weighted by Gasteiger charge is 2.11. The number of para-hydroxylation sites is 2. The van der Waals surface area contributed by atoms with E-state index in [0.717, 1.165) is 33.0 Å². The SMILES string of the molecule is Cc1ccc(C)c(NC(=O)CSc2nc3ccccc3n2C)c1. The van der Waals surface area contributed by atoms with Crippen LogP contribution >= 0.6 is 11.8 Å². The quantitative estimate of drug-likeness (QED) is 0.740. The molecule has 0 aliphatic carbocycles. The molecular weight excluding hydrogens is 306 g/mol. The zero-order chi connectivity index (χ0) is 16.4. The monoisotopic (exact) mass is 325 g/mol. The first-order chi connectivity index (χ1) is 11.0. The predicted molar refractivity (Wildman–Crippen MR) is 96.0 cm³/mol.